The van der Waals surface area contributed by atoms with Crippen LogP contribution in [0.2, 0.25) is 0 Å². The predicted octanol–water partition coefficient (Wildman–Crippen LogP) is 15.7. The number of aliphatic hydroxyl groups is 1. The molecule has 0 rings (SSSR count). The van der Waals surface area contributed by atoms with Crippen LogP contribution < -0.4 is 0 Å². The van der Waals surface area contributed by atoms with Gasteiger partial charge < -0.3 is 24.2 Å². The van der Waals surface area contributed by atoms with Crippen LogP contribution in [0, 0.1) is 0 Å². The highest BCUT2D eigenvalue weighted by molar-refractivity contribution is 7.47. The third-order valence-electron chi connectivity index (χ3n) is 11.0. The summed E-state index contributed by atoms with van der Waals surface area (Å²) in [4.78, 5) is 48.3. The van der Waals surface area contributed by atoms with E-state index in [1.54, 1.807) is 6.08 Å². The lowest BCUT2D eigenvalue weighted by Crippen LogP contribution is -2.30. The molecule has 0 aliphatic carbocycles. The van der Waals surface area contributed by atoms with Gasteiger partial charge in [-0.15, -0.1) is 0 Å². The van der Waals surface area contributed by atoms with Crippen molar-refractivity contribution in [3.05, 3.63) is 97.2 Å². The Balaban J connectivity index is 4.87. The minimum Gasteiger partial charge on any atom is -0.461 e. The van der Waals surface area contributed by atoms with Crippen LogP contribution in [-0.2, 0) is 42.2 Å². The van der Waals surface area contributed by atoms with Gasteiger partial charge in [0, 0.05) is 12.8 Å². The number of rotatable bonds is 49. The lowest BCUT2D eigenvalue weighted by atomic mass is 10.1. The number of aliphatic hydroxyl groups excluding tert-OH is 1. The van der Waals surface area contributed by atoms with E-state index in [0.29, 0.717) is 19.3 Å². The predicted molar refractivity (Wildman–Crippen MR) is 288 cm³/mol. The topological polar surface area (TPSA) is 155 Å². The van der Waals surface area contributed by atoms with Gasteiger partial charge in [0.15, 0.2) is 6.10 Å². The summed E-state index contributed by atoms with van der Waals surface area (Å²) in [5, 5.41) is 9.75. The molecule has 0 aromatic heterocycles. The number of carbonyl (C=O) groups excluding carboxylic acids is 3. The second-order valence-corrected chi connectivity index (χ2v) is 19.1. The zero-order chi connectivity index (χ0) is 51.3. The van der Waals surface area contributed by atoms with Gasteiger partial charge in [-0.3, -0.25) is 23.4 Å². The molecule has 0 bridgehead atoms. The molecule has 0 saturated carbocycles. The number of allylic oxidation sites excluding steroid dienone is 15. The number of hydrogen-bond donors (Lipinski definition) is 2. The van der Waals surface area contributed by atoms with Gasteiger partial charge in [0.2, 0.25) is 0 Å². The van der Waals surface area contributed by atoms with Gasteiger partial charge in [-0.05, 0) is 83.5 Å². The first-order valence-corrected chi connectivity index (χ1v) is 28.6. The first-order chi connectivity index (χ1) is 34.2. The van der Waals surface area contributed by atoms with Crippen LogP contribution in [0.3, 0.4) is 0 Å². The zero-order valence-corrected chi connectivity index (χ0v) is 44.8. The Morgan fingerprint density at radius 1 is 0.429 bits per heavy atom. The Bertz CT molecular complexity index is 1540. The summed E-state index contributed by atoms with van der Waals surface area (Å²) in [6.45, 7) is 4.33. The maximum atomic E-state index is 12.9. The standard InChI is InChI=1S/C58H97O11P/c1-4-7-10-13-16-19-21-23-25-26-27-28-30-32-34-37-40-43-46-49-58(62)69-55(51-65-56(60)47-44-41-38-36-33-31-29-24-22-20-17-14-11-8-5-2)53-67-70(63,64)66-52-54(50-59)68-57(61)48-45-42-39-35-18-15-12-9-6-3/h8,11,16-17,19-20,23-25,27-29,33,36,41,44,54-55,59H,4-7,9-10,12-15,18,21-22,26,30-32,34-35,37-40,42-43,45-53H2,1-3H3,(H,63,64)/b11-8-,19-16-,20-17-,25-23-,28-27-,29-24-,36-33-,44-41-. The van der Waals surface area contributed by atoms with Crippen molar-refractivity contribution in [3.8, 4) is 0 Å². The highest BCUT2D eigenvalue weighted by atomic mass is 31.2. The first-order valence-electron chi connectivity index (χ1n) is 27.1. The molecule has 0 spiro atoms. The van der Waals surface area contributed by atoms with Crippen molar-refractivity contribution in [2.45, 2.75) is 226 Å². The van der Waals surface area contributed by atoms with Crippen LogP contribution in [0.25, 0.3) is 0 Å². The highest BCUT2D eigenvalue weighted by Crippen LogP contribution is 2.43. The lowest BCUT2D eigenvalue weighted by Gasteiger charge is -2.21. The van der Waals surface area contributed by atoms with Crippen molar-refractivity contribution in [1.29, 1.82) is 0 Å². The van der Waals surface area contributed by atoms with E-state index in [2.05, 4.69) is 99.8 Å². The first kappa shape index (κ1) is 66.4. The molecular weight excluding hydrogens is 904 g/mol. The van der Waals surface area contributed by atoms with E-state index in [1.807, 2.05) is 12.2 Å². The second kappa shape index (κ2) is 51.7. The van der Waals surface area contributed by atoms with Crippen LogP contribution in [0.1, 0.15) is 213 Å². The Labute approximate surface area is 425 Å². The van der Waals surface area contributed by atoms with E-state index in [4.69, 9.17) is 23.3 Å². The Kier molecular flexibility index (Phi) is 49.1. The van der Waals surface area contributed by atoms with Gasteiger partial charge in [0.05, 0.1) is 26.2 Å². The molecule has 0 heterocycles. The van der Waals surface area contributed by atoms with Crippen molar-refractivity contribution in [1.82, 2.24) is 0 Å². The molecule has 400 valence electrons. The van der Waals surface area contributed by atoms with Crippen LogP contribution in [-0.4, -0.2) is 66.5 Å². The van der Waals surface area contributed by atoms with E-state index in [1.165, 1.54) is 57.8 Å². The summed E-state index contributed by atoms with van der Waals surface area (Å²) in [7, 11) is -4.77. The van der Waals surface area contributed by atoms with Gasteiger partial charge in [0.25, 0.3) is 0 Å². The fraction of sp³-hybridized carbons (Fsp3) is 0.672. The maximum Gasteiger partial charge on any atom is 0.472 e. The normalized spacial score (nSPS) is 14.2. The van der Waals surface area contributed by atoms with Crippen molar-refractivity contribution in [2.75, 3.05) is 26.4 Å². The number of unbranched alkanes of at least 4 members (excludes halogenated alkanes) is 17. The molecule has 0 fully saturated rings. The van der Waals surface area contributed by atoms with Crippen LogP contribution >= 0.6 is 7.82 Å². The fourth-order valence-electron chi connectivity index (χ4n) is 6.91. The van der Waals surface area contributed by atoms with Crippen molar-refractivity contribution < 1.29 is 52.2 Å². The molecular formula is C58H97O11P. The van der Waals surface area contributed by atoms with Gasteiger partial charge in [-0.25, -0.2) is 4.57 Å². The van der Waals surface area contributed by atoms with E-state index in [9.17, 15) is 28.9 Å². The molecule has 2 N–H and O–H groups in total. The van der Waals surface area contributed by atoms with E-state index < -0.39 is 64.4 Å². The monoisotopic (exact) mass is 1000 g/mol. The molecule has 3 unspecified atom stereocenters. The Hall–Kier alpha value is -3.60. The number of ether oxygens (including phenoxy) is 3. The van der Waals surface area contributed by atoms with Crippen molar-refractivity contribution in [3.63, 3.8) is 0 Å². The second-order valence-electron chi connectivity index (χ2n) is 17.7. The summed E-state index contributed by atoms with van der Waals surface area (Å²) >= 11 is 0. The number of esters is 3. The molecule has 70 heavy (non-hydrogen) atoms. The smallest absolute Gasteiger partial charge is 0.461 e. The maximum absolute atomic E-state index is 12.9. The Morgan fingerprint density at radius 2 is 0.786 bits per heavy atom. The van der Waals surface area contributed by atoms with Gasteiger partial charge in [0.1, 0.15) is 12.7 Å². The molecule has 0 aromatic carbocycles. The number of carbonyl (C=O) groups is 3. The molecule has 0 amide bonds. The molecule has 0 aromatic rings. The zero-order valence-electron chi connectivity index (χ0n) is 43.9. The minimum atomic E-state index is -4.77. The molecule has 11 nitrogen and oxygen atoms in total. The van der Waals surface area contributed by atoms with Crippen LogP contribution in [0.5, 0.6) is 0 Å². The van der Waals surface area contributed by atoms with E-state index in [-0.39, 0.29) is 19.3 Å². The van der Waals surface area contributed by atoms with E-state index >= 15 is 0 Å². The average Bonchev–Trinajstić information content (AvgIpc) is 3.35. The molecule has 0 aliphatic rings. The molecule has 0 saturated heterocycles. The molecule has 12 heteroatoms. The quantitative estimate of drug-likeness (QED) is 0.0197. The van der Waals surface area contributed by atoms with Gasteiger partial charge in [-0.2, -0.15) is 0 Å². The molecule has 3 atom stereocenters. The largest absolute Gasteiger partial charge is 0.472 e. The SMILES string of the molecule is CC/C=C\C/C=C\C/C=C\C/C=C\C/C=C\CC(=O)OCC(COP(=O)(O)OCC(CO)OC(=O)CCCCCCCCCCC)OC(=O)CCCCCCCC/C=C\C/C=C\C/C=C\CCCCC. The van der Waals surface area contributed by atoms with Crippen LogP contribution in [0.15, 0.2) is 97.2 Å². The molecule has 0 aliphatic heterocycles. The summed E-state index contributed by atoms with van der Waals surface area (Å²) < 4.78 is 39.2. The van der Waals surface area contributed by atoms with Crippen molar-refractivity contribution in [2.24, 2.45) is 0 Å². The summed E-state index contributed by atoms with van der Waals surface area (Å²) in [6, 6.07) is 0. The van der Waals surface area contributed by atoms with E-state index in [0.717, 1.165) is 96.3 Å². The number of phosphoric acid groups is 1. The Morgan fingerprint density at radius 3 is 1.24 bits per heavy atom. The van der Waals surface area contributed by atoms with Gasteiger partial charge >= 0.3 is 25.7 Å². The lowest BCUT2D eigenvalue weighted by molar-refractivity contribution is -0.161. The average molecular weight is 1000 g/mol. The summed E-state index contributed by atoms with van der Waals surface area (Å²) in [5.41, 5.74) is 0. The third-order valence-corrected chi connectivity index (χ3v) is 12.0. The number of phosphoric ester groups is 1. The highest BCUT2D eigenvalue weighted by Gasteiger charge is 2.28. The minimum absolute atomic E-state index is 0.0119. The summed E-state index contributed by atoms with van der Waals surface area (Å²) in [5.74, 6) is -1.64. The van der Waals surface area contributed by atoms with Crippen molar-refractivity contribution >= 4 is 25.7 Å². The van der Waals surface area contributed by atoms with Crippen LogP contribution in [0.4, 0.5) is 0 Å². The summed E-state index contributed by atoms with van der Waals surface area (Å²) in [6.07, 6.45) is 59.8. The number of hydrogen-bond acceptors (Lipinski definition) is 10. The molecule has 0 radical (unpaired) electrons. The third kappa shape index (κ3) is 49.4. The fourth-order valence-corrected chi connectivity index (χ4v) is 7.69. The van der Waals surface area contributed by atoms with Gasteiger partial charge in [-0.1, -0.05) is 208 Å².